The van der Waals surface area contributed by atoms with Gasteiger partial charge >= 0.3 is 5.91 Å². The lowest BCUT2D eigenvalue weighted by Gasteiger charge is -2.20. The summed E-state index contributed by atoms with van der Waals surface area (Å²) in [5.74, 6) is 5.71. The summed E-state index contributed by atoms with van der Waals surface area (Å²) in [6.45, 7) is 5.45. The Morgan fingerprint density at radius 1 is 1.33 bits per heavy atom. The molecule has 7 nitrogen and oxygen atoms in total. The molecule has 21 heavy (non-hydrogen) atoms. The fourth-order valence-electron chi connectivity index (χ4n) is 2.06. The summed E-state index contributed by atoms with van der Waals surface area (Å²) in [6.07, 6.45) is 0.927. The van der Waals surface area contributed by atoms with Crippen LogP contribution in [0.4, 0.5) is 0 Å². The standard InChI is InChI=1S/C14H25N3O4/c1-11-9-12(21-13(11)14(18)16-15)10-17(6-8-20-3)5-4-7-19-2/h9H,4-8,10,15H2,1-3H3,(H,16,18). The van der Waals surface area contributed by atoms with E-state index in [0.717, 1.165) is 30.8 Å². The third-order valence-corrected chi connectivity index (χ3v) is 3.12. The Hall–Kier alpha value is -1.41. The lowest BCUT2D eigenvalue weighted by atomic mass is 10.2. The SMILES string of the molecule is COCCCN(CCOC)Cc1cc(C)c(C(=O)NN)o1. The van der Waals surface area contributed by atoms with Crippen LogP contribution >= 0.6 is 0 Å². The van der Waals surface area contributed by atoms with E-state index >= 15 is 0 Å². The molecular weight excluding hydrogens is 274 g/mol. The van der Waals surface area contributed by atoms with Crippen molar-refractivity contribution in [2.24, 2.45) is 5.84 Å². The molecule has 0 aliphatic carbocycles. The van der Waals surface area contributed by atoms with Gasteiger partial charge in [0.05, 0.1) is 13.2 Å². The molecule has 0 saturated carbocycles. The topological polar surface area (TPSA) is 90.0 Å². The average Bonchev–Trinajstić information content (AvgIpc) is 2.84. The first kappa shape index (κ1) is 17.6. The Balaban J connectivity index is 2.66. The molecule has 0 saturated heterocycles. The Labute approximate surface area is 125 Å². The molecule has 120 valence electrons. The lowest BCUT2D eigenvalue weighted by Crippen LogP contribution is -2.30. The van der Waals surface area contributed by atoms with Crippen LogP contribution in [0.1, 0.15) is 28.3 Å². The van der Waals surface area contributed by atoms with Gasteiger partial charge in [0.25, 0.3) is 0 Å². The fourth-order valence-corrected chi connectivity index (χ4v) is 2.06. The monoisotopic (exact) mass is 299 g/mol. The van der Waals surface area contributed by atoms with E-state index in [2.05, 4.69) is 10.3 Å². The van der Waals surface area contributed by atoms with Crippen LogP contribution in [0.3, 0.4) is 0 Å². The molecule has 0 aromatic carbocycles. The quantitative estimate of drug-likeness (QED) is 0.286. The van der Waals surface area contributed by atoms with Crippen molar-refractivity contribution < 1.29 is 18.7 Å². The summed E-state index contributed by atoms with van der Waals surface area (Å²) in [5.41, 5.74) is 2.86. The molecule has 1 aromatic rings. The molecule has 0 spiro atoms. The van der Waals surface area contributed by atoms with Crippen molar-refractivity contribution in [2.45, 2.75) is 19.9 Å². The van der Waals surface area contributed by atoms with Gasteiger partial charge in [-0.2, -0.15) is 0 Å². The number of methoxy groups -OCH3 is 2. The zero-order valence-electron chi connectivity index (χ0n) is 13.0. The highest BCUT2D eigenvalue weighted by Crippen LogP contribution is 2.16. The molecule has 0 fully saturated rings. The van der Waals surface area contributed by atoms with Crippen molar-refractivity contribution in [1.82, 2.24) is 10.3 Å². The summed E-state index contributed by atoms with van der Waals surface area (Å²) >= 11 is 0. The maximum absolute atomic E-state index is 11.5. The third-order valence-electron chi connectivity index (χ3n) is 3.12. The largest absolute Gasteiger partial charge is 0.454 e. The molecular formula is C14H25N3O4. The second-order valence-electron chi connectivity index (χ2n) is 4.81. The van der Waals surface area contributed by atoms with Gasteiger partial charge in [0.1, 0.15) is 5.76 Å². The first-order valence-corrected chi connectivity index (χ1v) is 6.92. The van der Waals surface area contributed by atoms with Crippen LogP contribution in [0, 0.1) is 6.92 Å². The number of carbonyl (C=O) groups excluding carboxylic acids is 1. The van der Waals surface area contributed by atoms with Crippen LogP contribution in [-0.4, -0.2) is 51.3 Å². The van der Waals surface area contributed by atoms with Crippen LogP contribution in [0.2, 0.25) is 0 Å². The number of aryl methyl sites for hydroxylation is 1. The number of hydrogen-bond donors (Lipinski definition) is 2. The zero-order chi connectivity index (χ0) is 15.7. The maximum atomic E-state index is 11.5. The molecule has 0 unspecified atom stereocenters. The number of furan rings is 1. The zero-order valence-corrected chi connectivity index (χ0v) is 13.0. The van der Waals surface area contributed by atoms with Gasteiger partial charge in [0.15, 0.2) is 5.76 Å². The summed E-state index contributed by atoms with van der Waals surface area (Å²) in [4.78, 5) is 13.7. The van der Waals surface area contributed by atoms with Crippen LogP contribution < -0.4 is 11.3 Å². The number of ether oxygens (including phenoxy) is 2. The van der Waals surface area contributed by atoms with Crippen LogP contribution in [0.5, 0.6) is 0 Å². The van der Waals surface area contributed by atoms with E-state index in [4.69, 9.17) is 19.7 Å². The van der Waals surface area contributed by atoms with E-state index in [-0.39, 0.29) is 5.76 Å². The van der Waals surface area contributed by atoms with Gasteiger partial charge in [0.2, 0.25) is 0 Å². The van der Waals surface area contributed by atoms with Crippen molar-refractivity contribution in [3.05, 3.63) is 23.2 Å². The van der Waals surface area contributed by atoms with E-state index in [1.165, 1.54) is 0 Å². The van der Waals surface area contributed by atoms with Crippen LogP contribution in [0.25, 0.3) is 0 Å². The number of amides is 1. The number of rotatable bonds is 10. The van der Waals surface area contributed by atoms with E-state index in [0.29, 0.717) is 19.8 Å². The van der Waals surface area contributed by atoms with Gasteiger partial charge in [-0.3, -0.25) is 15.1 Å². The summed E-state index contributed by atoms with van der Waals surface area (Å²) in [6, 6.07) is 1.86. The first-order chi connectivity index (χ1) is 10.1. The average molecular weight is 299 g/mol. The van der Waals surface area contributed by atoms with Gasteiger partial charge < -0.3 is 13.9 Å². The normalized spacial score (nSPS) is 11.1. The number of nitrogens with zero attached hydrogens (tertiary/aromatic N) is 1. The highest BCUT2D eigenvalue weighted by atomic mass is 16.5. The van der Waals surface area contributed by atoms with Gasteiger partial charge in [0, 0.05) is 39.5 Å². The Morgan fingerprint density at radius 2 is 2.05 bits per heavy atom. The summed E-state index contributed by atoms with van der Waals surface area (Å²) in [7, 11) is 3.36. The second-order valence-corrected chi connectivity index (χ2v) is 4.81. The molecule has 3 N–H and O–H groups in total. The Morgan fingerprint density at radius 3 is 2.67 bits per heavy atom. The smallest absolute Gasteiger partial charge is 0.301 e. The second kappa shape index (κ2) is 9.51. The number of nitrogens with two attached hydrogens (primary N) is 1. The van der Waals surface area contributed by atoms with Crippen molar-refractivity contribution in [1.29, 1.82) is 0 Å². The van der Waals surface area contributed by atoms with Gasteiger partial charge in [-0.15, -0.1) is 0 Å². The minimum Gasteiger partial charge on any atom is -0.454 e. The van der Waals surface area contributed by atoms with E-state index < -0.39 is 5.91 Å². The van der Waals surface area contributed by atoms with E-state index in [9.17, 15) is 4.79 Å². The van der Waals surface area contributed by atoms with Crippen molar-refractivity contribution >= 4 is 5.91 Å². The maximum Gasteiger partial charge on any atom is 0.301 e. The van der Waals surface area contributed by atoms with Crippen LogP contribution in [-0.2, 0) is 16.0 Å². The van der Waals surface area contributed by atoms with Crippen molar-refractivity contribution in [3.8, 4) is 0 Å². The molecule has 1 rings (SSSR count). The van der Waals surface area contributed by atoms with Crippen molar-refractivity contribution in [2.75, 3.05) is 40.5 Å². The highest BCUT2D eigenvalue weighted by Gasteiger charge is 2.16. The predicted molar refractivity (Wildman–Crippen MR) is 78.7 cm³/mol. The number of hydrazine groups is 1. The minimum atomic E-state index is -0.415. The fraction of sp³-hybridized carbons (Fsp3) is 0.643. The van der Waals surface area contributed by atoms with Crippen molar-refractivity contribution in [3.63, 3.8) is 0 Å². The molecule has 7 heteroatoms. The first-order valence-electron chi connectivity index (χ1n) is 6.92. The lowest BCUT2D eigenvalue weighted by molar-refractivity contribution is 0.0918. The number of hydrogen-bond acceptors (Lipinski definition) is 6. The molecule has 1 aromatic heterocycles. The number of nitrogen functional groups attached to an aromatic ring is 1. The van der Waals surface area contributed by atoms with Gasteiger partial charge in [-0.1, -0.05) is 0 Å². The number of carbonyl (C=O) groups is 1. The van der Waals surface area contributed by atoms with Gasteiger partial charge in [-0.05, 0) is 19.4 Å². The number of nitrogens with one attached hydrogen (secondary N) is 1. The molecule has 0 radical (unpaired) electrons. The molecule has 1 heterocycles. The Kier molecular flexibility index (Phi) is 7.99. The van der Waals surface area contributed by atoms with Gasteiger partial charge in [-0.25, -0.2) is 5.84 Å². The summed E-state index contributed by atoms with van der Waals surface area (Å²) < 4.78 is 15.8. The molecule has 0 aliphatic rings. The summed E-state index contributed by atoms with van der Waals surface area (Å²) in [5, 5.41) is 0. The van der Waals surface area contributed by atoms with E-state index in [1.54, 1.807) is 14.2 Å². The molecule has 0 bridgehead atoms. The minimum absolute atomic E-state index is 0.260. The van der Waals surface area contributed by atoms with Crippen LogP contribution in [0.15, 0.2) is 10.5 Å². The molecule has 0 aliphatic heterocycles. The predicted octanol–water partition coefficient (Wildman–Crippen LogP) is 0.676. The molecule has 0 atom stereocenters. The third kappa shape index (κ3) is 5.84. The Bertz CT molecular complexity index is 434. The molecule has 1 amide bonds. The highest BCUT2D eigenvalue weighted by molar-refractivity contribution is 5.92. The van der Waals surface area contributed by atoms with E-state index in [1.807, 2.05) is 13.0 Å².